The maximum Gasteiger partial charge on any atom is 0.230 e. The summed E-state index contributed by atoms with van der Waals surface area (Å²) in [6.07, 6.45) is 5.98. The minimum Gasteiger partial charge on any atom is -0.355 e. The van der Waals surface area contributed by atoms with E-state index in [0.717, 1.165) is 38.4 Å². The molecule has 0 aliphatic heterocycles. The molecule has 1 aliphatic rings. The molecule has 0 aromatic rings. The second kappa shape index (κ2) is 14.2. The predicted octanol–water partition coefficient (Wildman–Crippen LogP) is 2.00. The number of carbonyl (C=O) groups excluding carboxylic acids is 4. The standard InChI is InChI=1S/C19H32N2O4S2/c1-14(23)12-26-17-8-9-18(17)27-13-19(25)21-10-4-3-6-15(20-2)16(24)7-5-11-22/h11,15,17-18,20H,3-10,12-13H2,1-2H3,(H,21,25)/t15-,17?,18?/m0/s1. The number of Topliss-reactive ketones (excluding diaryl/α,β-unsaturated/α-hetero) is 2. The molecule has 2 N–H and O–H groups in total. The van der Waals surface area contributed by atoms with Crippen LogP contribution in [0.25, 0.3) is 0 Å². The number of nitrogens with one attached hydrogen (secondary N) is 2. The highest BCUT2D eigenvalue weighted by Crippen LogP contribution is 2.39. The number of rotatable bonds is 16. The van der Waals surface area contributed by atoms with E-state index in [9.17, 15) is 19.2 Å². The highest BCUT2D eigenvalue weighted by Gasteiger charge is 2.32. The Morgan fingerprint density at radius 1 is 1.11 bits per heavy atom. The van der Waals surface area contributed by atoms with Gasteiger partial charge in [0.1, 0.15) is 17.9 Å². The Balaban J connectivity index is 2.07. The number of hydrogen-bond donors (Lipinski definition) is 2. The van der Waals surface area contributed by atoms with Crippen LogP contribution in [0.1, 0.15) is 51.9 Å². The molecule has 0 aromatic heterocycles. The number of thioether (sulfide) groups is 2. The summed E-state index contributed by atoms with van der Waals surface area (Å²) in [6, 6.07) is -0.209. The van der Waals surface area contributed by atoms with Crippen molar-refractivity contribution in [3.05, 3.63) is 0 Å². The molecule has 0 heterocycles. The summed E-state index contributed by atoms with van der Waals surface area (Å²) in [5.41, 5.74) is 0. The van der Waals surface area contributed by atoms with Crippen LogP contribution in [0.5, 0.6) is 0 Å². The lowest BCUT2D eigenvalue weighted by atomic mass is 9.99. The third kappa shape index (κ3) is 10.3. The molecule has 2 unspecified atom stereocenters. The normalized spacial score (nSPS) is 19.8. The van der Waals surface area contributed by atoms with Crippen molar-refractivity contribution >= 4 is 47.3 Å². The number of ketones is 2. The van der Waals surface area contributed by atoms with E-state index < -0.39 is 0 Å². The van der Waals surface area contributed by atoms with Crippen LogP contribution in [0, 0.1) is 0 Å². The van der Waals surface area contributed by atoms with E-state index in [1.165, 1.54) is 0 Å². The van der Waals surface area contributed by atoms with Crippen molar-refractivity contribution in [2.24, 2.45) is 0 Å². The number of unbranched alkanes of at least 4 members (excludes halogenated alkanes) is 1. The van der Waals surface area contributed by atoms with Crippen LogP contribution < -0.4 is 10.6 Å². The molecule has 8 heteroatoms. The Morgan fingerprint density at radius 3 is 2.33 bits per heavy atom. The molecule has 1 aliphatic carbocycles. The molecule has 0 spiro atoms. The van der Waals surface area contributed by atoms with Gasteiger partial charge in [0.05, 0.1) is 17.5 Å². The van der Waals surface area contributed by atoms with Crippen molar-refractivity contribution in [1.82, 2.24) is 10.6 Å². The minimum absolute atomic E-state index is 0.0504. The van der Waals surface area contributed by atoms with Crippen LogP contribution in [-0.4, -0.2) is 65.4 Å². The Kier molecular flexibility index (Phi) is 12.7. The van der Waals surface area contributed by atoms with Crippen molar-refractivity contribution in [3.8, 4) is 0 Å². The first kappa shape index (κ1) is 24.2. The third-order valence-corrected chi connectivity index (χ3v) is 7.73. The maximum atomic E-state index is 11.9. The Hall–Kier alpha value is -0.860. The van der Waals surface area contributed by atoms with Gasteiger partial charge in [-0.15, -0.1) is 23.5 Å². The summed E-state index contributed by atoms with van der Waals surface area (Å²) in [5, 5.41) is 6.91. The van der Waals surface area contributed by atoms with Gasteiger partial charge in [-0.1, -0.05) is 0 Å². The summed E-state index contributed by atoms with van der Waals surface area (Å²) in [6.45, 7) is 2.23. The maximum absolute atomic E-state index is 11.9. The van der Waals surface area contributed by atoms with E-state index in [0.29, 0.717) is 28.6 Å². The molecule has 1 saturated carbocycles. The number of hydrogen-bond acceptors (Lipinski definition) is 7. The summed E-state index contributed by atoms with van der Waals surface area (Å²) in [5.74, 6) is 1.36. The minimum atomic E-state index is -0.209. The molecule has 3 atom stereocenters. The fourth-order valence-corrected chi connectivity index (χ4v) is 5.52. The number of likely N-dealkylation sites (N-methyl/N-ethyl adjacent to an activating group) is 1. The van der Waals surface area contributed by atoms with Gasteiger partial charge in [-0.05, 0) is 46.1 Å². The summed E-state index contributed by atoms with van der Waals surface area (Å²) >= 11 is 3.40. The quantitative estimate of drug-likeness (QED) is 0.294. The van der Waals surface area contributed by atoms with Crippen molar-refractivity contribution in [2.45, 2.75) is 68.4 Å². The van der Waals surface area contributed by atoms with Gasteiger partial charge in [-0.25, -0.2) is 0 Å². The van der Waals surface area contributed by atoms with E-state index in [4.69, 9.17) is 0 Å². The molecule has 0 radical (unpaired) electrons. The van der Waals surface area contributed by atoms with Gasteiger partial charge in [0, 0.05) is 29.9 Å². The predicted molar refractivity (Wildman–Crippen MR) is 112 cm³/mol. The SMILES string of the molecule is CN[C@@H](CCCCNC(=O)CSC1CCC1SCC(C)=O)C(=O)CCC=O. The summed E-state index contributed by atoms with van der Waals surface area (Å²) < 4.78 is 0. The molecule has 6 nitrogen and oxygen atoms in total. The average Bonchev–Trinajstić information content (AvgIpc) is 2.61. The molecular formula is C19H32N2O4S2. The van der Waals surface area contributed by atoms with Crippen molar-refractivity contribution in [2.75, 3.05) is 25.1 Å². The van der Waals surface area contributed by atoms with Gasteiger partial charge in [0.25, 0.3) is 0 Å². The van der Waals surface area contributed by atoms with Crippen molar-refractivity contribution < 1.29 is 19.2 Å². The van der Waals surface area contributed by atoms with Crippen LogP contribution in [0.3, 0.4) is 0 Å². The lowest BCUT2D eigenvalue weighted by Gasteiger charge is -2.35. The van der Waals surface area contributed by atoms with Crippen molar-refractivity contribution in [3.63, 3.8) is 0 Å². The van der Waals surface area contributed by atoms with Crippen molar-refractivity contribution in [1.29, 1.82) is 0 Å². The van der Waals surface area contributed by atoms with Gasteiger partial charge in [0.2, 0.25) is 5.91 Å². The highest BCUT2D eigenvalue weighted by molar-refractivity contribution is 8.04. The zero-order valence-corrected chi connectivity index (χ0v) is 18.0. The zero-order valence-electron chi connectivity index (χ0n) is 16.3. The molecular weight excluding hydrogens is 384 g/mol. The second-order valence-electron chi connectivity index (χ2n) is 6.84. The van der Waals surface area contributed by atoms with E-state index in [1.54, 1.807) is 37.5 Å². The highest BCUT2D eigenvalue weighted by atomic mass is 32.2. The van der Waals surface area contributed by atoms with E-state index >= 15 is 0 Å². The fraction of sp³-hybridized carbons (Fsp3) is 0.789. The fourth-order valence-electron chi connectivity index (χ4n) is 2.82. The number of aldehydes is 1. The Morgan fingerprint density at radius 2 is 1.78 bits per heavy atom. The van der Waals surface area contributed by atoms with Gasteiger partial charge in [-0.3, -0.25) is 14.4 Å². The molecule has 1 fully saturated rings. The van der Waals surface area contributed by atoms with Crippen LogP contribution in [0.2, 0.25) is 0 Å². The first-order valence-corrected chi connectivity index (χ1v) is 11.7. The average molecular weight is 417 g/mol. The smallest absolute Gasteiger partial charge is 0.230 e. The first-order chi connectivity index (χ1) is 13.0. The number of amides is 1. The van der Waals surface area contributed by atoms with Gasteiger partial charge < -0.3 is 15.4 Å². The first-order valence-electron chi connectivity index (χ1n) is 9.60. The summed E-state index contributed by atoms with van der Waals surface area (Å²) in [7, 11) is 1.75. The van der Waals surface area contributed by atoms with Crippen LogP contribution in [-0.2, 0) is 19.2 Å². The van der Waals surface area contributed by atoms with Crippen LogP contribution in [0.15, 0.2) is 0 Å². The largest absolute Gasteiger partial charge is 0.355 e. The molecule has 27 heavy (non-hydrogen) atoms. The summed E-state index contributed by atoms with van der Waals surface area (Å²) in [4.78, 5) is 45.2. The lowest BCUT2D eigenvalue weighted by molar-refractivity contribution is -0.122. The molecule has 0 saturated heterocycles. The monoisotopic (exact) mass is 416 g/mol. The molecule has 0 bridgehead atoms. The van der Waals surface area contributed by atoms with E-state index in [2.05, 4.69) is 10.6 Å². The Labute approximate surface area is 170 Å². The molecule has 0 aromatic carbocycles. The Bertz CT molecular complexity index is 502. The van der Waals surface area contributed by atoms with E-state index in [1.807, 2.05) is 0 Å². The topological polar surface area (TPSA) is 92.3 Å². The molecule has 154 valence electrons. The molecule has 1 rings (SSSR count). The van der Waals surface area contributed by atoms with E-state index in [-0.39, 0.29) is 36.4 Å². The zero-order chi connectivity index (χ0) is 20.1. The van der Waals surface area contributed by atoms with Gasteiger partial charge >= 0.3 is 0 Å². The third-order valence-electron chi connectivity index (χ3n) is 4.57. The second-order valence-corrected chi connectivity index (χ2v) is 9.29. The lowest BCUT2D eigenvalue weighted by Crippen LogP contribution is -2.35. The van der Waals surface area contributed by atoms with Crippen LogP contribution in [0.4, 0.5) is 0 Å². The van der Waals surface area contributed by atoms with Gasteiger partial charge in [0.15, 0.2) is 0 Å². The van der Waals surface area contributed by atoms with Gasteiger partial charge in [-0.2, -0.15) is 0 Å². The van der Waals surface area contributed by atoms with Crippen LogP contribution >= 0.6 is 23.5 Å². The number of carbonyl (C=O) groups is 4. The molecule has 1 amide bonds.